The Hall–Kier alpha value is -2.27. The monoisotopic (exact) mass is 504 g/mol. The molecular weight excluding hydrogens is 460 g/mol. The van der Waals surface area contributed by atoms with E-state index in [9.17, 15) is 4.79 Å². The highest BCUT2D eigenvalue weighted by Crippen LogP contribution is 2.58. The Morgan fingerprint density at radius 1 is 1.08 bits per heavy atom. The van der Waals surface area contributed by atoms with Crippen LogP contribution >= 0.6 is 0 Å². The SMILES string of the molecule is Cc1c(C(=O)NC2(C)COC2)cc(-c2cc(C(C)(C)C)c3c(c2)C2(CCO3)CC2)n1CC1CCCCC1. The molecule has 0 unspecified atom stereocenters. The van der Waals surface area contributed by atoms with Crippen molar-refractivity contribution in [3.05, 3.63) is 40.6 Å². The van der Waals surface area contributed by atoms with Gasteiger partial charge in [0.05, 0.1) is 30.9 Å². The van der Waals surface area contributed by atoms with Gasteiger partial charge in [0.25, 0.3) is 5.91 Å². The van der Waals surface area contributed by atoms with E-state index in [1.54, 1.807) is 0 Å². The third-order valence-corrected chi connectivity index (χ3v) is 9.48. The van der Waals surface area contributed by atoms with Crippen LogP contribution in [0.15, 0.2) is 18.2 Å². The third kappa shape index (κ3) is 4.51. The van der Waals surface area contributed by atoms with Crippen molar-refractivity contribution in [3.63, 3.8) is 0 Å². The van der Waals surface area contributed by atoms with Crippen molar-refractivity contribution in [2.45, 2.75) is 109 Å². The summed E-state index contributed by atoms with van der Waals surface area (Å²) in [6.07, 6.45) is 10.2. The fraction of sp³-hybridized carbons (Fsp3) is 0.656. The molecule has 2 aliphatic carbocycles. The summed E-state index contributed by atoms with van der Waals surface area (Å²) in [6, 6.07) is 6.93. The number of aromatic nitrogens is 1. The molecule has 1 aromatic carbocycles. The number of amides is 1. The molecule has 3 fully saturated rings. The van der Waals surface area contributed by atoms with Crippen molar-refractivity contribution >= 4 is 5.91 Å². The van der Waals surface area contributed by atoms with E-state index in [1.165, 1.54) is 67.3 Å². The molecule has 6 rings (SSSR count). The normalized spacial score (nSPS) is 22.2. The summed E-state index contributed by atoms with van der Waals surface area (Å²) in [4.78, 5) is 13.5. The number of benzene rings is 1. The Morgan fingerprint density at radius 2 is 1.81 bits per heavy atom. The van der Waals surface area contributed by atoms with Gasteiger partial charge >= 0.3 is 0 Å². The van der Waals surface area contributed by atoms with Crippen LogP contribution in [0.1, 0.15) is 106 Å². The number of nitrogens with zero attached hydrogens (tertiary/aromatic N) is 1. The molecule has 0 atom stereocenters. The van der Waals surface area contributed by atoms with E-state index < -0.39 is 0 Å². The summed E-state index contributed by atoms with van der Waals surface area (Å²) >= 11 is 0. The predicted octanol–water partition coefficient (Wildman–Crippen LogP) is 6.67. The molecule has 37 heavy (non-hydrogen) atoms. The molecule has 1 amide bonds. The molecular formula is C32H44N2O3. The lowest BCUT2D eigenvalue weighted by molar-refractivity contribution is -0.0593. The first-order chi connectivity index (χ1) is 17.6. The standard InChI is InChI=1S/C32H44N2O3/c1-21-24(29(35)33-31(5)19-36-20-31)17-27(34(21)18-22-9-7-6-8-10-22)23-15-25(30(2,3)4)28-26(16-23)32(11-12-32)13-14-37-28/h15-17,22H,6-14,18-20H2,1-5H3,(H,33,35). The number of carbonyl (C=O) groups is 1. The highest BCUT2D eigenvalue weighted by atomic mass is 16.5. The van der Waals surface area contributed by atoms with Gasteiger partial charge in [-0.2, -0.15) is 0 Å². The van der Waals surface area contributed by atoms with E-state index in [1.807, 2.05) is 0 Å². The highest BCUT2D eigenvalue weighted by Gasteiger charge is 2.49. The second-order valence-electron chi connectivity index (χ2n) is 13.7. The van der Waals surface area contributed by atoms with Crippen LogP contribution in [-0.2, 0) is 22.1 Å². The van der Waals surface area contributed by atoms with Crippen molar-refractivity contribution in [2.24, 2.45) is 5.92 Å². The summed E-state index contributed by atoms with van der Waals surface area (Å²) in [6.45, 7) is 14.0. The summed E-state index contributed by atoms with van der Waals surface area (Å²) in [7, 11) is 0. The fourth-order valence-corrected chi connectivity index (χ4v) is 6.84. The smallest absolute Gasteiger partial charge is 0.253 e. The topological polar surface area (TPSA) is 52.5 Å². The van der Waals surface area contributed by atoms with Crippen LogP contribution in [-0.4, -0.2) is 35.8 Å². The van der Waals surface area contributed by atoms with Crippen LogP contribution in [0.2, 0.25) is 0 Å². The molecule has 2 aromatic rings. The molecule has 0 radical (unpaired) electrons. The number of hydrogen-bond acceptors (Lipinski definition) is 3. The molecule has 2 aliphatic heterocycles. The Bertz CT molecular complexity index is 1190. The molecule has 1 aromatic heterocycles. The van der Waals surface area contributed by atoms with E-state index in [2.05, 4.69) is 62.7 Å². The van der Waals surface area contributed by atoms with Crippen LogP contribution in [0, 0.1) is 12.8 Å². The minimum absolute atomic E-state index is 0.0166. The van der Waals surface area contributed by atoms with Crippen LogP contribution < -0.4 is 10.1 Å². The van der Waals surface area contributed by atoms with Crippen molar-refractivity contribution in [2.75, 3.05) is 19.8 Å². The van der Waals surface area contributed by atoms with Gasteiger partial charge in [-0.15, -0.1) is 0 Å². The Labute approximate surface area is 222 Å². The van der Waals surface area contributed by atoms with Crippen molar-refractivity contribution < 1.29 is 14.3 Å². The minimum atomic E-state index is -0.268. The van der Waals surface area contributed by atoms with Crippen LogP contribution in [0.5, 0.6) is 5.75 Å². The molecule has 0 bridgehead atoms. The first kappa shape index (κ1) is 25.0. The molecule has 1 N–H and O–H groups in total. The van der Waals surface area contributed by atoms with Gasteiger partial charge in [-0.25, -0.2) is 0 Å². The Morgan fingerprint density at radius 3 is 2.43 bits per heavy atom. The zero-order valence-electron chi connectivity index (χ0n) is 23.5. The van der Waals surface area contributed by atoms with E-state index in [0.29, 0.717) is 24.5 Å². The maximum Gasteiger partial charge on any atom is 0.253 e. The van der Waals surface area contributed by atoms with Gasteiger partial charge in [-0.05, 0) is 81.0 Å². The lowest BCUT2D eigenvalue weighted by atomic mass is 9.79. The van der Waals surface area contributed by atoms with Crippen molar-refractivity contribution in [3.8, 4) is 17.0 Å². The number of nitrogens with one attached hydrogen (secondary N) is 1. The highest BCUT2D eigenvalue weighted by molar-refractivity contribution is 5.97. The summed E-state index contributed by atoms with van der Waals surface area (Å²) in [5.74, 6) is 1.81. The molecule has 2 saturated carbocycles. The van der Waals surface area contributed by atoms with Gasteiger partial charge in [-0.3, -0.25) is 4.79 Å². The number of fused-ring (bicyclic) bond motifs is 2. The lowest BCUT2D eigenvalue weighted by Gasteiger charge is -2.38. The number of carbonyl (C=O) groups excluding carboxylic acids is 1. The largest absolute Gasteiger partial charge is 0.493 e. The van der Waals surface area contributed by atoms with Crippen molar-refractivity contribution in [1.82, 2.24) is 9.88 Å². The van der Waals surface area contributed by atoms with Gasteiger partial charge in [0.2, 0.25) is 0 Å². The van der Waals surface area contributed by atoms with E-state index >= 15 is 0 Å². The lowest BCUT2D eigenvalue weighted by Crippen LogP contribution is -2.59. The van der Waals surface area contributed by atoms with E-state index in [-0.39, 0.29) is 16.9 Å². The summed E-state index contributed by atoms with van der Waals surface area (Å²) in [5.41, 5.74) is 6.97. The quantitative estimate of drug-likeness (QED) is 0.494. The first-order valence-electron chi connectivity index (χ1n) is 14.5. The zero-order valence-corrected chi connectivity index (χ0v) is 23.5. The molecule has 4 aliphatic rings. The predicted molar refractivity (Wildman–Crippen MR) is 148 cm³/mol. The first-order valence-corrected chi connectivity index (χ1v) is 14.5. The molecule has 5 heteroatoms. The van der Waals surface area contributed by atoms with E-state index in [4.69, 9.17) is 9.47 Å². The molecule has 5 nitrogen and oxygen atoms in total. The number of hydrogen-bond donors (Lipinski definition) is 1. The average molecular weight is 505 g/mol. The molecule has 3 heterocycles. The van der Waals surface area contributed by atoms with Crippen molar-refractivity contribution in [1.29, 1.82) is 0 Å². The number of ether oxygens (including phenoxy) is 2. The van der Waals surface area contributed by atoms with E-state index in [0.717, 1.165) is 36.6 Å². The summed E-state index contributed by atoms with van der Waals surface area (Å²) < 4.78 is 14.2. The summed E-state index contributed by atoms with van der Waals surface area (Å²) in [5, 5.41) is 3.26. The van der Waals surface area contributed by atoms with Crippen LogP contribution in [0.25, 0.3) is 11.3 Å². The zero-order chi connectivity index (χ0) is 26.0. The van der Waals surface area contributed by atoms with Gasteiger partial charge in [-0.1, -0.05) is 40.0 Å². The van der Waals surface area contributed by atoms with Gasteiger partial charge in [0.1, 0.15) is 5.75 Å². The number of rotatable bonds is 5. The maximum absolute atomic E-state index is 13.5. The second-order valence-corrected chi connectivity index (χ2v) is 13.7. The molecule has 200 valence electrons. The maximum atomic E-state index is 13.5. The third-order valence-electron chi connectivity index (χ3n) is 9.48. The average Bonchev–Trinajstić information content (AvgIpc) is 3.54. The second kappa shape index (κ2) is 8.90. The Balaban J connectivity index is 1.47. The van der Waals surface area contributed by atoms with Gasteiger partial charge in [0, 0.05) is 34.5 Å². The molecule has 1 saturated heterocycles. The fourth-order valence-electron chi connectivity index (χ4n) is 6.84. The van der Waals surface area contributed by atoms with Gasteiger partial charge in [0.15, 0.2) is 0 Å². The minimum Gasteiger partial charge on any atom is -0.493 e. The van der Waals surface area contributed by atoms with Gasteiger partial charge < -0.3 is 19.4 Å². The Kier molecular flexibility index (Phi) is 6.02. The van der Waals surface area contributed by atoms with Crippen LogP contribution in [0.3, 0.4) is 0 Å². The molecule has 1 spiro atoms. The van der Waals surface area contributed by atoms with Crippen LogP contribution in [0.4, 0.5) is 0 Å².